The van der Waals surface area contributed by atoms with Crippen LogP contribution in [0.2, 0.25) is 0 Å². The summed E-state index contributed by atoms with van der Waals surface area (Å²) in [4.78, 5) is 28.4. The van der Waals surface area contributed by atoms with E-state index in [1.165, 1.54) is 12.7 Å². The molecule has 0 saturated heterocycles. The van der Waals surface area contributed by atoms with E-state index in [1.54, 1.807) is 4.57 Å². The third-order valence-corrected chi connectivity index (χ3v) is 3.66. The number of hydrogen-bond acceptors (Lipinski definition) is 6. The summed E-state index contributed by atoms with van der Waals surface area (Å²) in [5.74, 6) is 0. The van der Waals surface area contributed by atoms with E-state index in [4.69, 9.17) is 26.7 Å². The Balaban J connectivity index is 2.08. The first-order valence-electron chi connectivity index (χ1n) is 6.06. The van der Waals surface area contributed by atoms with E-state index in [9.17, 15) is 9.67 Å². The number of fused-ring (bicyclic) bond motifs is 1. The minimum absolute atomic E-state index is 0.0990. The zero-order valence-electron chi connectivity index (χ0n) is 10.9. The van der Waals surface area contributed by atoms with Crippen molar-refractivity contribution in [2.45, 2.75) is 12.5 Å². The van der Waals surface area contributed by atoms with Crippen LogP contribution in [0, 0.1) is 4.64 Å². The van der Waals surface area contributed by atoms with Gasteiger partial charge in [-0.15, -0.1) is 0 Å². The Hall–Kier alpha value is -1.16. The Morgan fingerprint density at radius 2 is 2.24 bits per heavy atom. The highest BCUT2D eigenvalue weighted by Crippen LogP contribution is 2.34. The molecule has 2 aromatic rings. The Morgan fingerprint density at radius 3 is 2.90 bits per heavy atom. The smallest absolute Gasteiger partial charge is 0.350 e. The summed E-state index contributed by atoms with van der Waals surface area (Å²) in [5, 5.41) is 9.47. The number of hydrogen-bond donors (Lipinski definition) is 4. The largest absolute Gasteiger partial charge is 0.394 e. The lowest BCUT2D eigenvalue weighted by molar-refractivity contribution is 0.127. The molecule has 1 atom stereocenters. The van der Waals surface area contributed by atoms with Gasteiger partial charge in [0.15, 0.2) is 4.64 Å². The molecule has 11 heteroatoms. The lowest BCUT2D eigenvalue weighted by Crippen LogP contribution is -2.15. The van der Waals surface area contributed by atoms with Crippen molar-refractivity contribution in [1.82, 2.24) is 19.5 Å². The zero-order valence-corrected chi connectivity index (χ0v) is 12.6. The molecule has 0 spiro atoms. The molecule has 0 fully saturated rings. The monoisotopic (exact) mass is 334 g/mol. The first-order valence-corrected chi connectivity index (χ1v) is 8.26. The van der Waals surface area contributed by atoms with E-state index in [0.29, 0.717) is 22.2 Å². The Labute approximate surface area is 124 Å². The quantitative estimate of drug-likeness (QED) is 0.328. The number of aromatic nitrogens is 4. The first kappa shape index (κ1) is 16.2. The van der Waals surface area contributed by atoms with Gasteiger partial charge in [0.1, 0.15) is 17.5 Å². The number of ether oxygens (including phenoxy) is 1. The SMILES string of the molecule is O=P(O)(O)COCCC(CO)n1cnc2c(=S)nc[nH]c21. The fourth-order valence-corrected chi connectivity index (χ4v) is 2.44. The lowest BCUT2D eigenvalue weighted by Gasteiger charge is -2.16. The fourth-order valence-electron chi connectivity index (χ4n) is 1.87. The average Bonchev–Trinajstić information content (AvgIpc) is 2.83. The van der Waals surface area contributed by atoms with Gasteiger partial charge in [0.2, 0.25) is 0 Å². The maximum Gasteiger partial charge on any atom is 0.350 e. The van der Waals surface area contributed by atoms with Gasteiger partial charge in [-0.1, -0.05) is 12.2 Å². The van der Waals surface area contributed by atoms with Crippen LogP contribution in [0.15, 0.2) is 12.7 Å². The predicted octanol–water partition coefficient (Wildman–Crippen LogP) is 0.564. The van der Waals surface area contributed by atoms with Crippen LogP contribution in [-0.4, -0.2) is 54.0 Å². The molecule has 0 aromatic carbocycles. The maximum atomic E-state index is 10.7. The molecule has 0 amide bonds. The van der Waals surface area contributed by atoms with E-state index in [-0.39, 0.29) is 19.3 Å². The second-order valence-corrected chi connectivity index (χ2v) is 6.36. The second kappa shape index (κ2) is 6.73. The van der Waals surface area contributed by atoms with Crippen molar-refractivity contribution in [2.75, 3.05) is 19.6 Å². The number of aromatic amines is 1. The molecule has 2 heterocycles. The minimum atomic E-state index is -4.17. The van der Waals surface area contributed by atoms with Crippen LogP contribution in [0.25, 0.3) is 11.2 Å². The molecule has 0 aliphatic carbocycles. The highest BCUT2D eigenvalue weighted by molar-refractivity contribution is 7.71. The molecule has 0 aliphatic rings. The van der Waals surface area contributed by atoms with Crippen LogP contribution in [0.1, 0.15) is 12.5 Å². The van der Waals surface area contributed by atoms with Crippen molar-refractivity contribution in [3.05, 3.63) is 17.3 Å². The zero-order chi connectivity index (χ0) is 15.5. The topological polar surface area (TPSA) is 133 Å². The van der Waals surface area contributed by atoms with Crippen LogP contribution in [0.4, 0.5) is 0 Å². The first-order chi connectivity index (χ1) is 9.92. The number of aliphatic hydroxyl groups excluding tert-OH is 1. The average molecular weight is 334 g/mol. The lowest BCUT2D eigenvalue weighted by atomic mass is 10.2. The molecule has 0 aliphatic heterocycles. The van der Waals surface area contributed by atoms with Gasteiger partial charge < -0.3 is 29.2 Å². The molecule has 9 nitrogen and oxygen atoms in total. The summed E-state index contributed by atoms with van der Waals surface area (Å²) < 4.78 is 17.6. The molecule has 2 aromatic heterocycles. The molecule has 21 heavy (non-hydrogen) atoms. The van der Waals surface area contributed by atoms with Crippen LogP contribution in [-0.2, 0) is 9.30 Å². The van der Waals surface area contributed by atoms with E-state index in [1.807, 2.05) is 0 Å². The maximum absolute atomic E-state index is 10.7. The van der Waals surface area contributed by atoms with Crippen molar-refractivity contribution >= 4 is 31.0 Å². The molecule has 0 radical (unpaired) electrons. The van der Waals surface area contributed by atoms with E-state index in [0.717, 1.165) is 0 Å². The Bertz CT molecular complexity index is 711. The fraction of sp³-hybridized carbons (Fsp3) is 0.500. The summed E-state index contributed by atoms with van der Waals surface area (Å²) in [7, 11) is -4.17. The van der Waals surface area contributed by atoms with Gasteiger partial charge in [0.25, 0.3) is 0 Å². The van der Waals surface area contributed by atoms with Crippen molar-refractivity contribution in [3.8, 4) is 0 Å². The predicted molar refractivity (Wildman–Crippen MR) is 76.3 cm³/mol. The Morgan fingerprint density at radius 1 is 1.48 bits per heavy atom. The highest BCUT2D eigenvalue weighted by atomic mass is 32.1. The van der Waals surface area contributed by atoms with Gasteiger partial charge in [-0.3, -0.25) is 4.57 Å². The van der Waals surface area contributed by atoms with Crippen molar-refractivity contribution < 1.29 is 24.2 Å². The van der Waals surface area contributed by atoms with Gasteiger partial charge >= 0.3 is 7.60 Å². The third kappa shape index (κ3) is 4.16. The number of nitrogens with one attached hydrogen (secondary N) is 1. The molecular formula is C10H15N4O5PS. The molecule has 1 unspecified atom stereocenters. The van der Waals surface area contributed by atoms with Crippen LogP contribution in [0.3, 0.4) is 0 Å². The molecular weight excluding hydrogens is 319 g/mol. The summed E-state index contributed by atoms with van der Waals surface area (Å²) >= 11 is 5.06. The van der Waals surface area contributed by atoms with Crippen molar-refractivity contribution in [3.63, 3.8) is 0 Å². The van der Waals surface area contributed by atoms with Gasteiger partial charge in [0.05, 0.1) is 25.3 Å². The van der Waals surface area contributed by atoms with Crippen molar-refractivity contribution in [1.29, 1.82) is 0 Å². The third-order valence-electron chi connectivity index (χ3n) is 2.84. The number of aliphatic hydroxyl groups is 1. The highest BCUT2D eigenvalue weighted by Gasteiger charge is 2.16. The van der Waals surface area contributed by atoms with Gasteiger partial charge in [-0.25, -0.2) is 9.97 Å². The number of rotatable bonds is 7. The van der Waals surface area contributed by atoms with E-state index >= 15 is 0 Å². The number of nitrogens with zero attached hydrogens (tertiary/aromatic N) is 3. The van der Waals surface area contributed by atoms with Crippen molar-refractivity contribution in [2.24, 2.45) is 0 Å². The number of H-pyrrole nitrogens is 1. The molecule has 4 N–H and O–H groups in total. The molecule has 0 saturated carbocycles. The molecule has 2 rings (SSSR count). The standard InChI is InChI=1S/C10H15N4O5PS/c15-3-7(1-2-19-6-20(16,17)18)14-5-13-8-9(14)11-4-12-10(8)21/h4-5,7,15H,1-3,6H2,(H,11,12,21)(H2,16,17,18). The summed E-state index contributed by atoms with van der Waals surface area (Å²) in [6, 6.07) is -0.347. The minimum Gasteiger partial charge on any atom is -0.394 e. The molecule has 0 bridgehead atoms. The Kier molecular flexibility index (Phi) is 5.20. The molecule has 116 valence electrons. The van der Waals surface area contributed by atoms with Gasteiger partial charge in [-0.05, 0) is 6.42 Å². The van der Waals surface area contributed by atoms with E-state index < -0.39 is 13.9 Å². The normalized spacial score (nSPS) is 13.7. The van der Waals surface area contributed by atoms with Crippen LogP contribution in [0.5, 0.6) is 0 Å². The van der Waals surface area contributed by atoms with Gasteiger partial charge in [-0.2, -0.15) is 0 Å². The summed E-state index contributed by atoms with van der Waals surface area (Å²) in [6.07, 6.45) is 2.71. The second-order valence-electron chi connectivity index (χ2n) is 4.38. The van der Waals surface area contributed by atoms with Crippen LogP contribution < -0.4 is 0 Å². The number of imidazole rings is 1. The summed E-state index contributed by atoms with van der Waals surface area (Å²) in [6.45, 7) is -0.0739. The van der Waals surface area contributed by atoms with E-state index in [2.05, 4.69) is 15.0 Å². The van der Waals surface area contributed by atoms with Crippen LogP contribution >= 0.6 is 19.8 Å². The van der Waals surface area contributed by atoms with Gasteiger partial charge in [0, 0.05) is 6.61 Å². The summed E-state index contributed by atoms with van der Waals surface area (Å²) in [5.41, 5.74) is 1.16.